The van der Waals surface area contributed by atoms with Crippen LogP contribution in [0, 0.1) is 0 Å². The van der Waals surface area contributed by atoms with E-state index in [0.29, 0.717) is 22.5 Å². The van der Waals surface area contributed by atoms with Crippen LogP contribution in [0.15, 0.2) is 36.7 Å². The molecule has 5 rings (SSSR count). The van der Waals surface area contributed by atoms with Crippen LogP contribution in [-0.2, 0) is 9.47 Å². The Labute approximate surface area is 214 Å². The van der Waals surface area contributed by atoms with Gasteiger partial charge in [0, 0.05) is 11.1 Å². The minimum absolute atomic E-state index is 0.415. The lowest BCUT2D eigenvalue weighted by molar-refractivity contribution is -0.254. The molecule has 16 heteroatoms. The number of rotatable bonds is 6. The van der Waals surface area contributed by atoms with Crippen LogP contribution in [0.2, 0.25) is 0 Å². The van der Waals surface area contributed by atoms with Crippen molar-refractivity contribution in [1.29, 1.82) is 0 Å². The van der Waals surface area contributed by atoms with E-state index >= 15 is 0 Å². The fourth-order valence-corrected chi connectivity index (χ4v) is 4.48. The molecule has 2 saturated heterocycles. The van der Waals surface area contributed by atoms with Crippen molar-refractivity contribution >= 4 is 0 Å². The third-order valence-electron chi connectivity index (χ3n) is 6.75. The zero-order chi connectivity index (χ0) is 27.1. The summed E-state index contributed by atoms with van der Waals surface area (Å²) in [5, 5.41) is 95.4. The van der Waals surface area contributed by atoms with Crippen LogP contribution in [0.3, 0.4) is 0 Å². The first-order valence-electron chi connectivity index (χ1n) is 11.8. The highest BCUT2D eigenvalue weighted by atomic mass is 16.6. The van der Waals surface area contributed by atoms with Crippen LogP contribution in [0.4, 0.5) is 0 Å². The second-order valence-electron chi connectivity index (χ2n) is 9.18. The van der Waals surface area contributed by atoms with Gasteiger partial charge in [-0.3, -0.25) is 0 Å². The molecule has 2 aromatic heterocycles. The Balaban J connectivity index is 1.31. The lowest BCUT2D eigenvalue weighted by Crippen LogP contribution is -2.56. The van der Waals surface area contributed by atoms with E-state index < -0.39 is 74.5 Å². The average molecular weight is 536 g/mol. The van der Waals surface area contributed by atoms with E-state index in [1.807, 2.05) is 0 Å². The molecule has 0 spiro atoms. The zero-order valence-electron chi connectivity index (χ0n) is 19.7. The molecule has 3 aromatic rings. The lowest BCUT2D eigenvalue weighted by atomic mass is 9.98. The van der Waals surface area contributed by atoms with Crippen molar-refractivity contribution in [1.82, 2.24) is 30.0 Å². The smallest absolute Gasteiger partial charge is 0.180 e. The van der Waals surface area contributed by atoms with Gasteiger partial charge in [-0.2, -0.15) is 0 Å². The predicted octanol–water partition coefficient (Wildman–Crippen LogP) is -3.85. The SMILES string of the molecule is OC[C@H]1O[C@H](n2cc(-c3ccc(-c4cn([C@H]5O[C@H](CO)[C@@H](O)[C@H](O)[C@@H]5O)nn4)cc3)nn2)[C@H](O)[C@H](O)[C@@H]1O. The van der Waals surface area contributed by atoms with Crippen molar-refractivity contribution in [3.8, 4) is 22.5 Å². The third-order valence-corrected chi connectivity index (χ3v) is 6.75. The second-order valence-corrected chi connectivity index (χ2v) is 9.18. The number of hydrogen-bond donors (Lipinski definition) is 8. The molecule has 0 radical (unpaired) electrons. The fourth-order valence-electron chi connectivity index (χ4n) is 4.48. The van der Waals surface area contributed by atoms with Crippen LogP contribution in [-0.4, -0.2) is 133 Å². The average Bonchev–Trinajstić information content (AvgIpc) is 3.62. The summed E-state index contributed by atoms with van der Waals surface area (Å²) in [4.78, 5) is 0. The van der Waals surface area contributed by atoms with Gasteiger partial charge in [-0.15, -0.1) is 10.2 Å². The van der Waals surface area contributed by atoms with Gasteiger partial charge in [-0.1, -0.05) is 34.7 Å². The highest BCUT2D eigenvalue weighted by Gasteiger charge is 2.45. The maximum Gasteiger partial charge on any atom is 0.180 e. The molecule has 1 aromatic carbocycles. The highest BCUT2D eigenvalue weighted by molar-refractivity contribution is 5.65. The minimum Gasteiger partial charge on any atom is -0.394 e. The van der Waals surface area contributed by atoms with Crippen molar-refractivity contribution in [3.05, 3.63) is 36.7 Å². The van der Waals surface area contributed by atoms with Gasteiger partial charge in [0.2, 0.25) is 0 Å². The molecule has 2 aliphatic heterocycles. The molecule has 2 fully saturated rings. The first-order chi connectivity index (χ1) is 18.2. The van der Waals surface area contributed by atoms with Gasteiger partial charge in [-0.05, 0) is 0 Å². The molecular formula is C22H28N6O10. The first-order valence-corrected chi connectivity index (χ1v) is 11.8. The number of aromatic nitrogens is 6. The van der Waals surface area contributed by atoms with Gasteiger partial charge in [0.15, 0.2) is 12.5 Å². The summed E-state index contributed by atoms with van der Waals surface area (Å²) >= 11 is 0. The van der Waals surface area contributed by atoms with Crippen LogP contribution in [0.25, 0.3) is 22.5 Å². The van der Waals surface area contributed by atoms with Crippen molar-refractivity contribution in [2.24, 2.45) is 0 Å². The lowest BCUT2D eigenvalue weighted by Gasteiger charge is -2.39. The maximum atomic E-state index is 10.3. The highest BCUT2D eigenvalue weighted by Crippen LogP contribution is 2.31. The number of nitrogens with zero attached hydrogens (tertiary/aromatic N) is 6. The van der Waals surface area contributed by atoms with E-state index in [0.717, 1.165) is 0 Å². The Morgan fingerprint density at radius 3 is 1.29 bits per heavy atom. The van der Waals surface area contributed by atoms with Crippen molar-refractivity contribution in [3.63, 3.8) is 0 Å². The summed E-state index contributed by atoms with van der Waals surface area (Å²) in [5.41, 5.74) is 2.12. The van der Waals surface area contributed by atoms with Gasteiger partial charge in [-0.25, -0.2) is 9.36 Å². The van der Waals surface area contributed by atoms with Gasteiger partial charge in [0.25, 0.3) is 0 Å². The van der Waals surface area contributed by atoms with E-state index in [9.17, 15) is 40.9 Å². The summed E-state index contributed by atoms with van der Waals surface area (Å²) in [6, 6.07) is 6.90. The van der Waals surface area contributed by atoms with E-state index in [1.54, 1.807) is 24.3 Å². The van der Waals surface area contributed by atoms with Crippen LogP contribution in [0.1, 0.15) is 12.5 Å². The molecular weight excluding hydrogens is 508 g/mol. The third kappa shape index (κ3) is 4.71. The zero-order valence-corrected chi connectivity index (χ0v) is 19.7. The second kappa shape index (κ2) is 10.7. The Bertz CT molecular complexity index is 1130. The van der Waals surface area contributed by atoms with Crippen molar-refractivity contribution < 1.29 is 50.3 Å². The predicted molar refractivity (Wildman–Crippen MR) is 123 cm³/mol. The van der Waals surface area contributed by atoms with Gasteiger partial charge in [0.1, 0.15) is 60.2 Å². The number of benzene rings is 1. The minimum atomic E-state index is -1.55. The Morgan fingerprint density at radius 2 is 0.947 bits per heavy atom. The molecule has 38 heavy (non-hydrogen) atoms. The Kier molecular flexibility index (Phi) is 7.51. The normalized spacial score (nSPS) is 35.9. The maximum absolute atomic E-state index is 10.3. The number of aliphatic hydroxyl groups excluding tert-OH is 8. The molecule has 206 valence electrons. The van der Waals surface area contributed by atoms with Crippen LogP contribution in [0.5, 0.6) is 0 Å². The number of hydrogen-bond acceptors (Lipinski definition) is 14. The Hall–Kier alpha value is -2.90. The van der Waals surface area contributed by atoms with Crippen LogP contribution < -0.4 is 0 Å². The van der Waals surface area contributed by atoms with E-state index in [4.69, 9.17) is 9.47 Å². The summed E-state index contributed by atoms with van der Waals surface area (Å²) in [7, 11) is 0. The largest absolute Gasteiger partial charge is 0.394 e. The monoisotopic (exact) mass is 536 g/mol. The Morgan fingerprint density at radius 1 is 0.579 bits per heavy atom. The molecule has 0 unspecified atom stereocenters. The van der Waals surface area contributed by atoms with Crippen molar-refractivity contribution in [2.75, 3.05) is 13.2 Å². The summed E-state index contributed by atoms with van der Waals surface area (Å²) < 4.78 is 13.4. The number of ether oxygens (including phenoxy) is 2. The van der Waals surface area contributed by atoms with E-state index in [1.165, 1.54) is 21.8 Å². The number of aliphatic hydroxyl groups is 8. The first kappa shape index (κ1) is 26.7. The quantitative estimate of drug-likeness (QED) is 0.150. The molecule has 2 aliphatic rings. The molecule has 16 nitrogen and oxygen atoms in total. The summed E-state index contributed by atoms with van der Waals surface area (Å²) in [6.07, 6.45) is -10.6. The van der Waals surface area contributed by atoms with Crippen LogP contribution >= 0.6 is 0 Å². The van der Waals surface area contributed by atoms with Gasteiger partial charge in [0.05, 0.1) is 25.6 Å². The topological polar surface area (TPSA) is 242 Å². The fraction of sp³-hybridized carbons (Fsp3) is 0.545. The van der Waals surface area contributed by atoms with E-state index in [2.05, 4.69) is 20.6 Å². The van der Waals surface area contributed by atoms with Gasteiger partial charge < -0.3 is 50.3 Å². The molecule has 10 atom stereocenters. The molecule has 0 bridgehead atoms. The van der Waals surface area contributed by atoms with Crippen molar-refractivity contribution in [2.45, 2.75) is 61.3 Å². The molecule has 0 amide bonds. The summed E-state index contributed by atoms with van der Waals surface area (Å²) in [6.45, 7) is -1.13. The van der Waals surface area contributed by atoms with Gasteiger partial charge >= 0.3 is 0 Å². The van der Waals surface area contributed by atoms with E-state index in [-0.39, 0.29) is 0 Å². The molecule has 0 saturated carbocycles. The molecule has 0 aliphatic carbocycles. The molecule has 4 heterocycles. The standard InChI is InChI=1S/C22H28N6O10/c29-7-13-15(31)17(33)19(35)21(37-13)27-5-11(23-25-27)9-1-2-10(4-3-9)12-6-28(26-24-12)22-20(36)18(34)16(32)14(8-30)38-22/h1-6,13-22,29-36H,7-8H2/t13-,14-,15-,16-,17-,18+,19-,20+,21+,22+/m1/s1. The summed E-state index contributed by atoms with van der Waals surface area (Å²) in [5.74, 6) is 0. The molecule has 8 N–H and O–H groups in total.